The number of nitrogens with zero attached hydrogens (tertiary/aromatic N) is 1. The van der Waals surface area contributed by atoms with Gasteiger partial charge in [-0.25, -0.2) is 0 Å². The number of ketones is 1. The largest absolute Gasteiger partial charge is 0.469 e. The van der Waals surface area contributed by atoms with Crippen molar-refractivity contribution in [2.75, 3.05) is 10.2 Å². The van der Waals surface area contributed by atoms with E-state index in [1.807, 2.05) is 42.5 Å². The molecule has 1 N–H and O–H groups in total. The molecular formula is C23H20N2O4. The number of rotatable bonds is 2. The van der Waals surface area contributed by atoms with E-state index in [-0.39, 0.29) is 17.6 Å². The zero-order valence-corrected chi connectivity index (χ0v) is 15.9. The zero-order chi connectivity index (χ0) is 20.0. The quantitative estimate of drug-likeness (QED) is 0.683. The molecule has 0 bridgehead atoms. The highest BCUT2D eigenvalue weighted by Crippen LogP contribution is 2.47. The van der Waals surface area contributed by atoms with Gasteiger partial charge in [0.1, 0.15) is 17.6 Å². The van der Waals surface area contributed by atoms with Gasteiger partial charge < -0.3 is 14.2 Å². The zero-order valence-electron chi connectivity index (χ0n) is 15.9. The molecule has 2 aliphatic rings. The summed E-state index contributed by atoms with van der Waals surface area (Å²) in [6, 6.07) is 14.3. The molecule has 146 valence electrons. The van der Waals surface area contributed by atoms with Gasteiger partial charge in [0.05, 0.1) is 23.9 Å². The first-order valence-corrected chi connectivity index (χ1v) is 9.62. The third-order valence-corrected chi connectivity index (χ3v) is 5.59. The van der Waals surface area contributed by atoms with Crippen LogP contribution in [0.1, 0.15) is 43.2 Å². The van der Waals surface area contributed by atoms with Crippen molar-refractivity contribution in [3.63, 3.8) is 0 Å². The number of anilines is 2. The van der Waals surface area contributed by atoms with Crippen LogP contribution in [0.4, 0.5) is 11.4 Å². The van der Waals surface area contributed by atoms with Gasteiger partial charge in [-0.05, 0) is 42.8 Å². The van der Waals surface area contributed by atoms with Crippen molar-refractivity contribution in [1.29, 1.82) is 0 Å². The average molecular weight is 388 g/mol. The van der Waals surface area contributed by atoms with E-state index in [1.165, 1.54) is 6.92 Å². The van der Waals surface area contributed by atoms with E-state index in [1.54, 1.807) is 23.5 Å². The Morgan fingerprint density at radius 3 is 2.41 bits per heavy atom. The molecule has 1 amide bonds. The predicted molar refractivity (Wildman–Crippen MR) is 107 cm³/mol. The SMILES string of the molecule is CC(=O)N1c2ccccc2NC2=C(C(=O)C[C@@H](c3ccco3)C2)[C@H]1c1ccco1. The van der Waals surface area contributed by atoms with Crippen molar-refractivity contribution in [1.82, 2.24) is 0 Å². The summed E-state index contributed by atoms with van der Waals surface area (Å²) in [4.78, 5) is 27.8. The molecule has 0 unspecified atom stereocenters. The van der Waals surface area contributed by atoms with Gasteiger partial charge in [0, 0.05) is 30.5 Å². The molecule has 29 heavy (non-hydrogen) atoms. The Morgan fingerprint density at radius 2 is 1.72 bits per heavy atom. The Labute approximate surface area is 167 Å². The van der Waals surface area contributed by atoms with Crippen LogP contribution in [-0.4, -0.2) is 11.7 Å². The second-order valence-electron chi connectivity index (χ2n) is 7.39. The summed E-state index contributed by atoms with van der Waals surface area (Å²) in [5.41, 5.74) is 2.89. The van der Waals surface area contributed by atoms with Crippen molar-refractivity contribution in [2.24, 2.45) is 0 Å². The van der Waals surface area contributed by atoms with E-state index in [2.05, 4.69) is 5.32 Å². The van der Waals surface area contributed by atoms with E-state index in [0.29, 0.717) is 24.2 Å². The summed E-state index contributed by atoms with van der Waals surface area (Å²) in [6.07, 6.45) is 4.14. The van der Waals surface area contributed by atoms with Crippen LogP contribution in [0, 0.1) is 0 Å². The van der Waals surface area contributed by atoms with Crippen LogP contribution < -0.4 is 10.2 Å². The van der Waals surface area contributed by atoms with Gasteiger partial charge in [-0.1, -0.05) is 12.1 Å². The molecule has 0 saturated carbocycles. The molecule has 5 rings (SSSR count). The molecule has 3 aromatic rings. The van der Waals surface area contributed by atoms with E-state index in [9.17, 15) is 9.59 Å². The highest BCUT2D eigenvalue weighted by molar-refractivity contribution is 6.05. The van der Waals surface area contributed by atoms with Crippen LogP contribution in [0.15, 0.2) is 81.2 Å². The second-order valence-corrected chi connectivity index (χ2v) is 7.39. The first kappa shape index (κ1) is 17.6. The second kappa shape index (κ2) is 6.81. The van der Waals surface area contributed by atoms with Gasteiger partial charge in [-0.2, -0.15) is 0 Å². The molecule has 6 nitrogen and oxygen atoms in total. The van der Waals surface area contributed by atoms with Gasteiger partial charge in [0.2, 0.25) is 5.91 Å². The third-order valence-electron chi connectivity index (χ3n) is 5.59. The summed E-state index contributed by atoms with van der Waals surface area (Å²) >= 11 is 0. The van der Waals surface area contributed by atoms with E-state index < -0.39 is 6.04 Å². The Balaban J connectivity index is 1.71. The number of allylic oxidation sites excluding steroid dienone is 1. The summed E-state index contributed by atoms with van der Waals surface area (Å²) in [7, 11) is 0. The maximum atomic E-state index is 13.4. The van der Waals surface area contributed by atoms with Crippen LogP contribution in [-0.2, 0) is 9.59 Å². The number of benzene rings is 1. The van der Waals surface area contributed by atoms with Crippen LogP contribution in [0.3, 0.4) is 0 Å². The van der Waals surface area contributed by atoms with Crippen molar-refractivity contribution >= 4 is 23.1 Å². The first-order valence-electron chi connectivity index (χ1n) is 9.62. The van der Waals surface area contributed by atoms with E-state index >= 15 is 0 Å². The Morgan fingerprint density at radius 1 is 1.00 bits per heavy atom. The molecule has 1 aliphatic carbocycles. The molecular weight excluding hydrogens is 368 g/mol. The third kappa shape index (κ3) is 2.88. The Bertz CT molecular complexity index is 1100. The number of para-hydroxylation sites is 2. The van der Waals surface area contributed by atoms with Crippen molar-refractivity contribution in [2.45, 2.75) is 31.7 Å². The molecule has 6 heteroatoms. The number of nitrogens with one attached hydrogen (secondary N) is 1. The maximum Gasteiger partial charge on any atom is 0.224 e. The van der Waals surface area contributed by atoms with Gasteiger partial charge in [-0.3, -0.25) is 14.5 Å². The fourth-order valence-corrected chi connectivity index (χ4v) is 4.38. The van der Waals surface area contributed by atoms with Gasteiger partial charge >= 0.3 is 0 Å². The minimum atomic E-state index is -0.612. The van der Waals surface area contributed by atoms with Crippen molar-refractivity contribution in [3.8, 4) is 0 Å². The van der Waals surface area contributed by atoms with E-state index in [0.717, 1.165) is 22.8 Å². The minimum absolute atomic E-state index is 0.0133. The summed E-state index contributed by atoms with van der Waals surface area (Å²) in [6.45, 7) is 1.51. The number of Topliss-reactive ketones (excluding diaryl/α,β-unsaturated/α-hetero) is 1. The molecule has 0 fully saturated rings. The molecule has 0 radical (unpaired) electrons. The molecule has 0 saturated heterocycles. The van der Waals surface area contributed by atoms with Crippen LogP contribution in [0.5, 0.6) is 0 Å². The number of hydrogen-bond donors (Lipinski definition) is 1. The monoisotopic (exact) mass is 388 g/mol. The van der Waals surface area contributed by atoms with E-state index in [4.69, 9.17) is 8.83 Å². The summed E-state index contributed by atoms with van der Waals surface area (Å²) < 4.78 is 11.3. The van der Waals surface area contributed by atoms with Gasteiger partial charge in [0.15, 0.2) is 5.78 Å². The van der Waals surface area contributed by atoms with Crippen LogP contribution in [0.2, 0.25) is 0 Å². The van der Waals surface area contributed by atoms with Crippen molar-refractivity contribution in [3.05, 3.63) is 83.8 Å². The Kier molecular flexibility index (Phi) is 4.12. The highest BCUT2D eigenvalue weighted by atomic mass is 16.3. The molecule has 0 spiro atoms. The summed E-state index contributed by atoms with van der Waals surface area (Å²) in [5.74, 6) is 1.14. The lowest BCUT2D eigenvalue weighted by Gasteiger charge is -2.32. The lowest BCUT2D eigenvalue weighted by Crippen LogP contribution is -2.37. The Hall–Kier alpha value is -3.54. The fraction of sp³-hybridized carbons (Fsp3) is 0.217. The predicted octanol–water partition coefficient (Wildman–Crippen LogP) is 4.79. The molecule has 1 aliphatic heterocycles. The number of fused-ring (bicyclic) bond motifs is 1. The van der Waals surface area contributed by atoms with Crippen molar-refractivity contribution < 1.29 is 18.4 Å². The summed E-state index contributed by atoms with van der Waals surface area (Å²) in [5, 5.41) is 3.44. The number of carbonyl (C=O) groups is 2. The number of carbonyl (C=O) groups excluding carboxylic acids is 2. The fourth-order valence-electron chi connectivity index (χ4n) is 4.38. The number of furan rings is 2. The highest BCUT2D eigenvalue weighted by Gasteiger charge is 2.42. The lowest BCUT2D eigenvalue weighted by atomic mass is 9.81. The van der Waals surface area contributed by atoms with Gasteiger partial charge in [-0.15, -0.1) is 0 Å². The first-order chi connectivity index (χ1) is 14.1. The molecule has 1 aromatic carbocycles. The molecule has 3 heterocycles. The number of amides is 1. The van der Waals surface area contributed by atoms with Crippen LogP contribution in [0.25, 0.3) is 0 Å². The maximum absolute atomic E-state index is 13.4. The smallest absolute Gasteiger partial charge is 0.224 e. The van der Waals surface area contributed by atoms with Gasteiger partial charge in [0.25, 0.3) is 0 Å². The number of hydrogen-bond acceptors (Lipinski definition) is 5. The molecule has 2 atom stereocenters. The minimum Gasteiger partial charge on any atom is -0.469 e. The average Bonchev–Trinajstić information content (AvgIpc) is 3.39. The normalized spacial score (nSPS) is 21.3. The topological polar surface area (TPSA) is 75.7 Å². The van der Waals surface area contributed by atoms with Crippen LogP contribution >= 0.6 is 0 Å². The standard InChI is InChI=1S/C23H20N2O4/c1-14(26)25-18-7-3-2-6-16(18)24-17-12-15(20-8-4-10-28-20)13-19(27)22(17)23(25)21-9-5-11-29-21/h2-11,15,23-24H,12-13H2,1H3/t15-,23+/m0/s1. The molecule has 2 aromatic heterocycles. The lowest BCUT2D eigenvalue weighted by molar-refractivity contribution is -0.117.